The van der Waals surface area contributed by atoms with E-state index >= 15 is 0 Å². The number of thiazole rings is 1. The minimum Gasteiger partial charge on any atom is -0.724 e. The number of benzene rings is 1. The van der Waals surface area contributed by atoms with Gasteiger partial charge >= 0.3 is 24.2 Å². The van der Waals surface area contributed by atoms with E-state index in [0.717, 1.165) is 11.3 Å². The lowest BCUT2D eigenvalue weighted by atomic mass is 9.84. The second-order valence-corrected chi connectivity index (χ2v) is 24.6. The highest BCUT2D eigenvalue weighted by molar-refractivity contribution is 7.80. The molecule has 0 spiro atoms. The smallest absolute Gasteiger partial charge is 0.413 e. The van der Waals surface area contributed by atoms with Crippen LogP contribution in [0.3, 0.4) is 0 Å². The first-order valence-electron chi connectivity index (χ1n) is 24.7. The zero-order valence-corrected chi connectivity index (χ0v) is 47.8. The summed E-state index contributed by atoms with van der Waals surface area (Å²) in [5.41, 5.74) is -4.92. The van der Waals surface area contributed by atoms with Crippen LogP contribution in [0.5, 0.6) is 5.75 Å². The number of ether oxygens (including phenoxy) is 5. The largest absolute Gasteiger partial charge is 0.724 e. The first-order chi connectivity index (χ1) is 35.8. The Labute approximate surface area is 456 Å². The Hall–Kier alpha value is -7.11. The molecule has 5 rings (SSSR count). The van der Waals surface area contributed by atoms with E-state index < -0.39 is 105 Å². The molecule has 1 aromatic carbocycles. The number of esters is 1. The number of nitrogens with one attached hydrogen (secondary N) is 4. The molecule has 0 aliphatic carbocycles. The number of aryl methyl sites for hydroxylation is 1. The predicted octanol–water partition coefficient (Wildman–Crippen LogP) is 4.62. The van der Waals surface area contributed by atoms with E-state index in [1.165, 1.54) is 43.5 Å². The van der Waals surface area contributed by atoms with Crippen molar-refractivity contribution in [2.45, 2.75) is 157 Å². The number of hydroxylamine groups is 2. The summed E-state index contributed by atoms with van der Waals surface area (Å²) in [6.45, 7) is 24.8. The van der Waals surface area contributed by atoms with Crippen LogP contribution in [0, 0.1) is 5.92 Å². The van der Waals surface area contributed by atoms with Gasteiger partial charge in [0.25, 0.3) is 23.8 Å². The maximum atomic E-state index is 14.0. The quantitative estimate of drug-likeness (QED) is 0.0138. The van der Waals surface area contributed by atoms with Crippen LogP contribution in [-0.4, -0.2) is 147 Å². The third-order valence-corrected chi connectivity index (χ3v) is 11.7. The summed E-state index contributed by atoms with van der Waals surface area (Å²) in [7, 11) is -5.37. The average Bonchev–Trinajstić information content (AvgIpc) is 3.88. The lowest BCUT2D eigenvalue weighted by Crippen LogP contribution is -2.76. The molecule has 2 saturated heterocycles. The summed E-state index contributed by atoms with van der Waals surface area (Å²) in [5.74, 6) is -3.39. The molecule has 29 heteroatoms. The number of nitrogens with zero attached hydrogens (tertiary/aromatic N) is 6. The van der Waals surface area contributed by atoms with Crippen LogP contribution in [0.1, 0.15) is 119 Å². The highest BCUT2D eigenvalue weighted by Crippen LogP contribution is 2.33. The van der Waals surface area contributed by atoms with E-state index in [9.17, 15) is 46.5 Å². The van der Waals surface area contributed by atoms with Gasteiger partial charge in [-0.25, -0.2) is 32.6 Å². The number of β-lactam (4-membered cyclic amide) rings is 1. The molecule has 4 N–H and O–H groups in total. The Morgan fingerprint density at radius 1 is 0.872 bits per heavy atom. The van der Waals surface area contributed by atoms with E-state index in [1.807, 2.05) is 9.36 Å². The lowest BCUT2D eigenvalue weighted by molar-refractivity contribution is -0.781. The topological polar surface area (TPSA) is 330 Å². The summed E-state index contributed by atoms with van der Waals surface area (Å²) in [6.07, 6.45) is 0.588. The van der Waals surface area contributed by atoms with Gasteiger partial charge in [0.2, 0.25) is 16.6 Å². The summed E-state index contributed by atoms with van der Waals surface area (Å²) < 4.78 is 69.7. The van der Waals surface area contributed by atoms with Gasteiger partial charge in [0.05, 0.1) is 24.2 Å². The Morgan fingerprint density at radius 2 is 1.47 bits per heavy atom. The molecule has 2 aliphatic rings. The molecule has 2 fully saturated rings. The molecule has 2 aromatic heterocycles. The van der Waals surface area contributed by atoms with Gasteiger partial charge in [0.1, 0.15) is 52.2 Å². The van der Waals surface area contributed by atoms with E-state index in [4.69, 9.17) is 28.5 Å². The number of amides is 6. The number of rotatable bonds is 20. The summed E-state index contributed by atoms with van der Waals surface area (Å²) in [4.78, 5) is 103. The van der Waals surface area contributed by atoms with Gasteiger partial charge in [-0.05, 0) is 128 Å². The van der Waals surface area contributed by atoms with Crippen molar-refractivity contribution < 1.29 is 84.0 Å². The number of carbonyl (C=O) groups excluding carboxylic acids is 7. The van der Waals surface area contributed by atoms with E-state index in [2.05, 4.69) is 35.7 Å². The Morgan fingerprint density at radius 3 is 2.05 bits per heavy atom. The molecule has 78 heavy (non-hydrogen) atoms. The number of aromatic nitrogens is 3. The van der Waals surface area contributed by atoms with Crippen molar-refractivity contribution in [3.05, 3.63) is 53.3 Å². The van der Waals surface area contributed by atoms with E-state index in [-0.39, 0.29) is 28.1 Å². The van der Waals surface area contributed by atoms with Crippen LogP contribution in [-0.2, 0) is 65.9 Å². The van der Waals surface area contributed by atoms with Crippen LogP contribution in [0.25, 0.3) is 0 Å². The number of anilines is 2. The molecule has 1 unspecified atom stereocenters. The first kappa shape index (κ1) is 61.7. The van der Waals surface area contributed by atoms with Crippen LogP contribution in [0.15, 0.2) is 47.2 Å². The van der Waals surface area contributed by atoms with Gasteiger partial charge in [-0.2, -0.15) is 14.0 Å². The van der Waals surface area contributed by atoms with Crippen molar-refractivity contribution in [3.63, 3.8) is 0 Å². The molecule has 6 amide bonds. The zero-order chi connectivity index (χ0) is 58.3. The minimum atomic E-state index is -5.37. The Balaban J connectivity index is 1.31. The fourth-order valence-corrected chi connectivity index (χ4v) is 8.37. The average molecular weight is 1140 g/mol. The second kappa shape index (κ2) is 24.3. The maximum Gasteiger partial charge on any atom is 0.413 e. The van der Waals surface area contributed by atoms with Crippen molar-refractivity contribution in [1.29, 1.82) is 0 Å². The Kier molecular flexibility index (Phi) is 19.2. The summed E-state index contributed by atoms with van der Waals surface area (Å²) in [5, 5.41) is 16.0. The predicted molar refractivity (Wildman–Crippen MR) is 278 cm³/mol. The van der Waals surface area contributed by atoms with Gasteiger partial charge in [0, 0.05) is 30.6 Å². The summed E-state index contributed by atoms with van der Waals surface area (Å²) >= 11 is 0.856. The second-order valence-electron chi connectivity index (χ2n) is 22.7. The maximum absolute atomic E-state index is 14.0. The van der Waals surface area contributed by atoms with Crippen LogP contribution < -0.4 is 30.7 Å². The van der Waals surface area contributed by atoms with Crippen molar-refractivity contribution in [2.75, 3.05) is 36.9 Å². The molecule has 2 aliphatic heterocycles. The third kappa shape index (κ3) is 18.8. The normalized spacial score (nSPS) is 16.4. The van der Waals surface area contributed by atoms with E-state index in [1.54, 1.807) is 100 Å². The fourth-order valence-electron chi connectivity index (χ4n) is 7.24. The first-order valence-corrected chi connectivity index (χ1v) is 26.9. The monoisotopic (exact) mass is 1130 g/mol. The zero-order valence-electron chi connectivity index (χ0n) is 46.2. The van der Waals surface area contributed by atoms with Crippen LogP contribution in [0.4, 0.5) is 25.2 Å². The number of hydrogen-bond donors (Lipinski definition) is 4. The van der Waals surface area contributed by atoms with Crippen molar-refractivity contribution in [1.82, 2.24) is 30.3 Å². The number of hydrogen-bond acceptors (Lipinski definition) is 20. The van der Waals surface area contributed by atoms with Crippen molar-refractivity contribution >= 4 is 80.2 Å². The molecule has 0 bridgehead atoms. The number of alkyl carbamates (subject to hydrolysis) is 1. The molecule has 0 radical (unpaired) electrons. The molecular weight excluding hydrogens is 1060 g/mol. The number of oxime groups is 1. The molecule has 2 atom stereocenters. The van der Waals surface area contributed by atoms with Gasteiger partial charge < -0.3 is 53.9 Å². The van der Waals surface area contributed by atoms with Crippen LogP contribution in [0.2, 0.25) is 0 Å². The molecule has 430 valence electrons. The van der Waals surface area contributed by atoms with Gasteiger partial charge in [-0.1, -0.05) is 5.16 Å². The lowest BCUT2D eigenvalue weighted by Gasteiger charge is -2.51. The highest BCUT2D eigenvalue weighted by atomic mass is 32.3. The Bertz CT molecular complexity index is 2830. The molecule has 4 heterocycles. The summed E-state index contributed by atoms with van der Waals surface area (Å²) in [6, 6.07) is 4.43. The van der Waals surface area contributed by atoms with Gasteiger partial charge in [-0.15, -0.1) is 16.0 Å². The molecular formula is C49H70N10O17S2. The van der Waals surface area contributed by atoms with Gasteiger partial charge in [-0.3, -0.25) is 19.7 Å². The van der Waals surface area contributed by atoms with Crippen LogP contribution >= 0.6 is 11.3 Å². The van der Waals surface area contributed by atoms with Gasteiger partial charge in [0.15, 0.2) is 17.4 Å². The molecule has 0 saturated carbocycles. The van der Waals surface area contributed by atoms with E-state index in [0.29, 0.717) is 49.9 Å². The minimum absolute atomic E-state index is 0.0497. The van der Waals surface area contributed by atoms with Crippen molar-refractivity contribution in [2.24, 2.45) is 11.1 Å². The number of carbonyl (C=O) groups is 7. The molecule has 27 nitrogen and oxygen atoms in total. The van der Waals surface area contributed by atoms with Crippen molar-refractivity contribution in [3.8, 4) is 5.75 Å². The SMILES string of the molecule is CC(C)(C)OC(=O)NCCCn1cc(NC(=O)c2ccc(OCC(O/N=C(\C(=O)N[C@@H]3C(=O)N(OS(=O)(=O)[O-])C3(C)C)c3csc(NC(=O)OC(C)(C)C)n3)C(=O)OC(C)(C)C)cc2)c[n+]1CC1CN(C(=O)OC(C)(C)C)C1. The fraction of sp³-hybridized carbons (Fsp3) is 0.592. The number of likely N-dealkylation sites (tertiary alicyclic amines) is 1. The standard InChI is InChI=1S/C49H70N10O17S2/c1-45(2,3)71-40(63)34(75-55-35(33-28-77-41(52-33)54-43(65)73-47(7,8)9)38(61)53-36-39(62)59(49(36,13)14)76-78(67,68)69)27-70-32-18-16-30(17-19-32)37(60)51-31-25-57(21-15-20-50-42(64)72-46(4,5)6)58(26-31)24-29-22-56(23-29)44(66)74-48(10,11)12/h16-19,25-26,28-29,34,36H,15,20-24,27H2,1-14H3,(H4-,50,51,52,53,54,60,61,64,65,67,68,69)/b55-35-/t34?,36-/m1/s1. The highest BCUT2D eigenvalue weighted by Gasteiger charge is 2.57. The third-order valence-electron chi connectivity index (χ3n) is 10.6. The molecule has 3 aromatic rings.